The molecule has 0 amide bonds. The number of nitrogens with one attached hydrogen (secondary N) is 1. The van der Waals surface area contributed by atoms with Gasteiger partial charge in [-0.15, -0.1) is 0 Å². The summed E-state index contributed by atoms with van der Waals surface area (Å²) in [7, 11) is -2.16. The maximum absolute atomic E-state index is 12.2. The standard InChI is InChI=1S/C14H14ClNO3S/c1-19-14-9-12(7-8-13(14)15)20(17,18)16-10-11-5-3-2-4-6-11/h2-9,16H,10H2,1H3. The van der Waals surface area contributed by atoms with Gasteiger partial charge in [0.1, 0.15) is 5.75 Å². The van der Waals surface area contributed by atoms with Crippen LogP contribution in [0.15, 0.2) is 53.4 Å². The van der Waals surface area contributed by atoms with Crippen LogP contribution in [0.1, 0.15) is 5.56 Å². The molecular formula is C14H14ClNO3S. The lowest BCUT2D eigenvalue weighted by molar-refractivity contribution is 0.413. The summed E-state index contributed by atoms with van der Waals surface area (Å²) in [5.41, 5.74) is 0.886. The van der Waals surface area contributed by atoms with Gasteiger partial charge in [0, 0.05) is 12.6 Å². The van der Waals surface area contributed by atoms with E-state index in [1.807, 2.05) is 30.3 Å². The number of hydrogen-bond donors (Lipinski definition) is 1. The molecule has 1 N–H and O–H groups in total. The van der Waals surface area contributed by atoms with E-state index in [4.69, 9.17) is 16.3 Å². The highest BCUT2D eigenvalue weighted by atomic mass is 35.5. The minimum absolute atomic E-state index is 0.120. The van der Waals surface area contributed by atoms with Crippen molar-refractivity contribution in [2.75, 3.05) is 7.11 Å². The number of ether oxygens (including phenoxy) is 1. The molecule has 2 aromatic carbocycles. The van der Waals surface area contributed by atoms with E-state index in [1.54, 1.807) is 0 Å². The molecule has 0 aliphatic carbocycles. The first kappa shape index (κ1) is 14.8. The summed E-state index contributed by atoms with van der Waals surface area (Å²) in [4.78, 5) is 0.120. The molecule has 0 heterocycles. The second kappa shape index (κ2) is 6.26. The molecule has 0 fully saturated rings. The molecule has 0 bridgehead atoms. The second-order valence-electron chi connectivity index (χ2n) is 4.11. The van der Waals surface area contributed by atoms with E-state index < -0.39 is 10.0 Å². The summed E-state index contributed by atoms with van der Waals surface area (Å²) < 4.78 is 31.9. The fourth-order valence-electron chi connectivity index (χ4n) is 1.66. The Labute approximate surface area is 123 Å². The van der Waals surface area contributed by atoms with E-state index in [9.17, 15) is 8.42 Å². The van der Waals surface area contributed by atoms with E-state index in [0.717, 1.165) is 5.56 Å². The van der Waals surface area contributed by atoms with Crippen LogP contribution in [-0.4, -0.2) is 15.5 Å². The average Bonchev–Trinajstić information content (AvgIpc) is 2.46. The Morgan fingerprint density at radius 2 is 1.85 bits per heavy atom. The summed E-state index contributed by atoms with van der Waals surface area (Å²) in [5.74, 6) is 0.328. The number of hydrogen-bond acceptors (Lipinski definition) is 3. The predicted octanol–water partition coefficient (Wildman–Crippen LogP) is 2.83. The fraction of sp³-hybridized carbons (Fsp3) is 0.143. The monoisotopic (exact) mass is 311 g/mol. The van der Waals surface area contributed by atoms with Gasteiger partial charge < -0.3 is 4.74 Å². The fourth-order valence-corrected chi connectivity index (χ4v) is 2.89. The first-order valence-corrected chi connectivity index (χ1v) is 7.76. The Morgan fingerprint density at radius 1 is 1.15 bits per heavy atom. The molecule has 20 heavy (non-hydrogen) atoms. The Kier molecular flexibility index (Phi) is 4.65. The van der Waals surface area contributed by atoms with Crippen LogP contribution in [0.3, 0.4) is 0 Å². The van der Waals surface area contributed by atoms with Crippen LogP contribution in [0.2, 0.25) is 5.02 Å². The van der Waals surface area contributed by atoms with E-state index in [2.05, 4.69) is 4.72 Å². The number of methoxy groups -OCH3 is 1. The molecule has 0 unspecified atom stereocenters. The minimum Gasteiger partial charge on any atom is -0.495 e. The SMILES string of the molecule is COc1cc(S(=O)(=O)NCc2ccccc2)ccc1Cl. The van der Waals surface area contributed by atoms with Crippen LogP contribution in [0.25, 0.3) is 0 Å². The smallest absolute Gasteiger partial charge is 0.241 e. The predicted molar refractivity (Wildman–Crippen MR) is 78.5 cm³/mol. The van der Waals surface area contributed by atoms with Crippen LogP contribution in [0, 0.1) is 0 Å². The van der Waals surface area contributed by atoms with Crippen molar-refractivity contribution in [2.45, 2.75) is 11.4 Å². The zero-order chi connectivity index (χ0) is 14.6. The molecule has 0 aliphatic rings. The van der Waals surface area contributed by atoms with Gasteiger partial charge in [0.15, 0.2) is 0 Å². The summed E-state index contributed by atoms with van der Waals surface area (Å²) in [6.07, 6.45) is 0. The third-order valence-electron chi connectivity index (χ3n) is 2.74. The molecule has 0 aromatic heterocycles. The van der Waals surface area contributed by atoms with Gasteiger partial charge >= 0.3 is 0 Å². The molecular weight excluding hydrogens is 298 g/mol. The van der Waals surface area contributed by atoms with Gasteiger partial charge in [-0.05, 0) is 17.7 Å². The first-order valence-electron chi connectivity index (χ1n) is 5.90. The topological polar surface area (TPSA) is 55.4 Å². The Balaban J connectivity index is 2.18. The molecule has 4 nitrogen and oxygen atoms in total. The minimum atomic E-state index is -3.60. The van der Waals surface area contributed by atoms with Crippen LogP contribution in [0.5, 0.6) is 5.75 Å². The van der Waals surface area contributed by atoms with Crippen molar-refractivity contribution >= 4 is 21.6 Å². The quantitative estimate of drug-likeness (QED) is 0.924. The summed E-state index contributed by atoms with van der Waals surface area (Å²) in [6, 6.07) is 13.6. The molecule has 6 heteroatoms. The van der Waals surface area contributed by atoms with Gasteiger partial charge in [-0.25, -0.2) is 13.1 Å². The normalized spacial score (nSPS) is 11.3. The highest BCUT2D eigenvalue weighted by Gasteiger charge is 2.15. The molecule has 0 radical (unpaired) electrons. The largest absolute Gasteiger partial charge is 0.495 e. The lowest BCUT2D eigenvalue weighted by Gasteiger charge is -2.09. The zero-order valence-corrected chi connectivity index (χ0v) is 12.4. The molecule has 106 valence electrons. The second-order valence-corrected chi connectivity index (χ2v) is 6.28. The van der Waals surface area contributed by atoms with Gasteiger partial charge in [0.25, 0.3) is 0 Å². The highest BCUT2D eigenvalue weighted by Crippen LogP contribution is 2.27. The molecule has 2 aromatic rings. The Hall–Kier alpha value is -1.56. The van der Waals surface area contributed by atoms with Gasteiger partial charge in [0.05, 0.1) is 17.0 Å². The summed E-state index contributed by atoms with van der Waals surface area (Å²) in [5, 5.41) is 0.370. The van der Waals surface area contributed by atoms with Crippen molar-refractivity contribution in [1.29, 1.82) is 0 Å². The van der Waals surface area contributed by atoms with Crippen molar-refractivity contribution in [3.8, 4) is 5.75 Å². The maximum Gasteiger partial charge on any atom is 0.241 e. The van der Waals surface area contributed by atoms with Crippen LogP contribution >= 0.6 is 11.6 Å². The van der Waals surface area contributed by atoms with Gasteiger partial charge in [-0.2, -0.15) is 0 Å². The molecule has 0 saturated heterocycles. The zero-order valence-electron chi connectivity index (χ0n) is 10.8. The van der Waals surface area contributed by atoms with E-state index in [-0.39, 0.29) is 11.4 Å². The van der Waals surface area contributed by atoms with E-state index >= 15 is 0 Å². The number of halogens is 1. The molecule has 0 spiro atoms. The third-order valence-corrected chi connectivity index (χ3v) is 4.45. The highest BCUT2D eigenvalue weighted by molar-refractivity contribution is 7.89. The average molecular weight is 312 g/mol. The van der Waals surface area contributed by atoms with Gasteiger partial charge in [-0.3, -0.25) is 0 Å². The third kappa shape index (κ3) is 3.50. The molecule has 0 atom stereocenters. The van der Waals surface area contributed by atoms with E-state index in [1.165, 1.54) is 25.3 Å². The van der Waals surface area contributed by atoms with Crippen molar-refractivity contribution in [1.82, 2.24) is 4.72 Å². The van der Waals surface area contributed by atoms with Crippen LogP contribution < -0.4 is 9.46 Å². The van der Waals surface area contributed by atoms with Gasteiger partial charge in [0.2, 0.25) is 10.0 Å². The van der Waals surface area contributed by atoms with Crippen molar-refractivity contribution in [3.05, 3.63) is 59.1 Å². The molecule has 0 saturated carbocycles. The van der Waals surface area contributed by atoms with Crippen LogP contribution in [-0.2, 0) is 16.6 Å². The Bertz CT molecular complexity index is 687. The van der Waals surface area contributed by atoms with Crippen LogP contribution in [0.4, 0.5) is 0 Å². The van der Waals surface area contributed by atoms with Crippen molar-refractivity contribution in [2.24, 2.45) is 0 Å². The first-order chi connectivity index (χ1) is 9.53. The lowest BCUT2D eigenvalue weighted by Crippen LogP contribution is -2.23. The lowest BCUT2D eigenvalue weighted by atomic mass is 10.2. The number of sulfonamides is 1. The number of benzene rings is 2. The van der Waals surface area contributed by atoms with Crippen molar-refractivity contribution < 1.29 is 13.2 Å². The maximum atomic E-state index is 12.2. The van der Waals surface area contributed by atoms with Crippen molar-refractivity contribution in [3.63, 3.8) is 0 Å². The molecule has 0 aliphatic heterocycles. The Morgan fingerprint density at radius 3 is 2.50 bits per heavy atom. The summed E-state index contributed by atoms with van der Waals surface area (Å²) >= 11 is 5.88. The van der Waals surface area contributed by atoms with Gasteiger partial charge in [-0.1, -0.05) is 41.9 Å². The summed E-state index contributed by atoms with van der Waals surface area (Å²) in [6.45, 7) is 0.230. The van der Waals surface area contributed by atoms with E-state index in [0.29, 0.717) is 10.8 Å². The molecule has 2 rings (SSSR count). The number of rotatable bonds is 5.